The fraction of sp³-hybridized carbons (Fsp3) is 0.316. The number of nitrogens with one attached hydrogen (secondary N) is 1. The van der Waals surface area contributed by atoms with Crippen LogP contribution in [0.4, 0.5) is 10.5 Å². The molecule has 0 radical (unpaired) electrons. The fourth-order valence-electron chi connectivity index (χ4n) is 3.02. The molecule has 3 rings (SSSR count). The van der Waals surface area contributed by atoms with Gasteiger partial charge in [-0.1, -0.05) is 47.5 Å². The molecule has 1 N–H and O–H groups in total. The maximum absolute atomic E-state index is 12.4. The number of methoxy groups -OCH3 is 1. The molecule has 0 saturated carbocycles. The van der Waals surface area contributed by atoms with Gasteiger partial charge < -0.3 is 19.9 Å². The molecule has 1 aliphatic heterocycles. The van der Waals surface area contributed by atoms with Crippen molar-refractivity contribution >= 4 is 34.9 Å². The largest absolute Gasteiger partial charge is 0.496 e. The first-order chi connectivity index (χ1) is 12.6. The SMILES string of the molecule is COc1ccccc1CNC(=O)N1CCN(c2cccc(Cl)c2Cl)CC1. The molecule has 138 valence electrons. The molecule has 2 aromatic rings. The predicted octanol–water partition coefficient (Wildman–Crippen LogP) is 4.03. The van der Waals surface area contributed by atoms with Crippen molar-refractivity contribution in [3.8, 4) is 5.75 Å². The first kappa shape index (κ1) is 18.7. The number of benzene rings is 2. The Morgan fingerprint density at radius 3 is 2.54 bits per heavy atom. The Morgan fingerprint density at radius 2 is 1.81 bits per heavy atom. The van der Waals surface area contributed by atoms with E-state index in [9.17, 15) is 4.79 Å². The third-order valence-electron chi connectivity index (χ3n) is 4.46. The predicted molar refractivity (Wildman–Crippen MR) is 105 cm³/mol. The Kier molecular flexibility index (Phi) is 6.12. The van der Waals surface area contributed by atoms with E-state index in [-0.39, 0.29) is 6.03 Å². The van der Waals surface area contributed by atoms with Gasteiger partial charge in [0.1, 0.15) is 5.75 Å². The van der Waals surface area contributed by atoms with Gasteiger partial charge in [0, 0.05) is 38.3 Å². The number of hydrogen-bond donors (Lipinski definition) is 1. The average molecular weight is 394 g/mol. The Labute approximate surface area is 163 Å². The zero-order valence-corrected chi connectivity index (χ0v) is 16.1. The molecular weight excluding hydrogens is 373 g/mol. The van der Waals surface area contributed by atoms with Gasteiger partial charge in [-0.2, -0.15) is 0 Å². The number of amides is 2. The smallest absolute Gasteiger partial charge is 0.317 e. The maximum atomic E-state index is 12.4. The lowest BCUT2D eigenvalue weighted by atomic mass is 10.2. The molecule has 5 nitrogen and oxygen atoms in total. The third-order valence-corrected chi connectivity index (χ3v) is 5.27. The molecule has 1 heterocycles. The van der Waals surface area contributed by atoms with Crippen LogP contribution in [0, 0.1) is 0 Å². The first-order valence-corrected chi connectivity index (χ1v) is 9.19. The minimum atomic E-state index is -0.0762. The highest BCUT2D eigenvalue weighted by Crippen LogP contribution is 2.32. The molecule has 0 unspecified atom stereocenters. The van der Waals surface area contributed by atoms with Gasteiger partial charge in [-0.25, -0.2) is 4.79 Å². The Bertz CT molecular complexity index is 777. The molecule has 0 aliphatic carbocycles. The normalized spacial score (nSPS) is 14.3. The van der Waals surface area contributed by atoms with Crippen molar-refractivity contribution in [1.82, 2.24) is 10.2 Å². The van der Waals surface area contributed by atoms with Gasteiger partial charge in [0.25, 0.3) is 0 Å². The van der Waals surface area contributed by atoms with Gasteiger partial charge in [-0.3, -0.25) is 0 Å². The molecule has 0 bridgehead atoms. The molecular formula is C19H21Cl2N3O2. The Hall–Kier alpha value is -2.11. The molecule has 0 spiro atoms. The lowest BCUT2D eigenvalue weighted by Crippen LogP contribution is -2.51. The Balaban J connectivity index is 1.54. The van der Waals surface area contributed by atoms with Crippen LogP contribution >= 0.6 is 23.2 Å². The second-order valence-corrected chi connectivity index (χ2v) is 6.80. The summed E-state index contributed by atoms with van der Waals surface area (Å²) < 4.78 is 5.31. The van der Waals surface area contributed by atoms with Crippen LogP contribution in [0.3, 0.4) is 0 Å². The second kappa shape index (κ2) is 8.52. The van der Waals surface area contributed by atoms with E-state index in [1.165, 1.54) is 0 Å². The minimum Gasteiger partial charge on any atom is -0.496 e. The number of halogens is 2. The summed E-state index contributed by atoms with van der Waals surface area (Å²) in [5.41, 5.74) is 1.86. The van der Waals surface area contributed by atoms with Crippen molar-refractivity contribution in [3.63, 3.8) is 0 Å². The number of ether oxygens (including phenoxy) is 1. The van der Waals surface area contributed by atoms with Crippen molar-refractivity contribution in [2.75, 3.05) is 38.2 Å². The maximum Gasteiger partial charge on any atom is 0.317 e. The van der Waals surface area contributed by atoms with Crippen molar-refractivity contribution in [2.45, 2.75) is 6.54 Å². The van der Waals surface area contributed by atoms with E-state index in [4.69, 9.17) is 27.9 Å². The van der Waals surface area contributed by atoms with Gasteiger partial charge in [0.15, 0.2) is 0 Å². The van der Waals surface area contributed by atoms with Gasteiger partial charge in [-0.15, -0.1) is 0 Å². The highest BCUT2D eigenvalue weighted by atomic mass is 35.5. The summed E-state index contributed by atoms with van der Waals surface area (Å²) in [7, 11) is 1.63. The van der Waals surface area contributed by atoms with Crippen LogP contribution in [-0.2, 0) is 6.54 Å². The van der Waals surface area contributed by atoms with Crippen molar-refractivity contribution in [2.24, 2.45) is 0 Å². The summed E-state index contributed by atoms with van der Waals surface area (Å²) in [6.07, 6.45) is 0. The number of carbonyl (C=O) groups excluding carboxylic acids is 1. The number of carbonyl (C=O) groups is 1. The second-order valence-electron chi connectivity index (χ2n) is 6.02. The van der Waals surface area contributed by atoms with Crippen LogP contribution < -0.4 is 15.0 Å². The van der Waals surface area contributed by atoms with E-state index in [0.29, 0.717) is 42.8 Å². The number of anilines is 1. The van der Waals surface area contributed by atoms with Crippen LogP contribution in [0.1, 0.15) is 5.56 Å². The van der Waals surface area contributed by atoms with Crippen LogP contribution in [-0.4, -0.2) is 44.2 Å². The van der Waals surface area contributed by atoms with Gasteiger partial charge in [0.2, 0.25) is 0 Å². The topological polar surface area (TPSA) is 44.8 Å². The van der Waals surface area contributed by atoms with Gasteiger partial charge in [0.05, 0.1) is 22.8 Å². The standard InChI is InChI=1S/C19H21Cl2N3O2/c1-26-17-8-3-2-5-14(17)13-22-19(25)24-11-9-23(10-12-24)16-7-4-6-15(20)18(16)21/h2-8H,9-13H2,1H3,(H,22,25). The van der Waals surface area contributed by atoms with E-state index in [0.717, 1.165) is 17.0 Å². The zero-order chi connectivity index (χ0) is 18.5. The van der Waals surface area contributed by atoms with Crippen LogP contribution in [0.2, 0.25) is 10.0 Å². The number of rotatable bonds is 4. The highest BCUT2D eigenvalue weighted by molar-refractivity contribution is 6.43. The van der Waals surface area contributed by atoms with Crippen LogP contribution in [0.15, 0.2) is 42.5 Å². The lowest BCUT2D eigenvalue weighted by molar-refractivity contribution is 0.194. The molecule has 0 aromatic heterocycles. The number of hydrogen-bond acceptors (Lipinski definition) is 3. The van der Waals surface area contributed by atoms with Gasteiger partial charge >= 0.3 is 6.03 Å². The molecule has 2 amide bonds. The van der Waals surface area contributed by atoms with E-state index >= 15 is 0 Å². The van der Waals surface area contributed by atoms with E-state index in [2.05, 4.69) is 10.2 Å². The molecule has 0 atom stereocenters. The van der Waals surface area contributed by atoms with E-state index < -0.39 is 0 Å². The quantitative estimate of drug-likeness (QED) is 0.852. The van der Waals surface area contributed by atoms with Crippen LogP contribution in [0.25, 0.3) is 0 Å². The summed E-state index contributed by atoms with van der Waals surface area (Å²) in [6.45, 7) is 3.11. The van der Waals surface area contributed by atoms with E-state index in [1.807, 2.05) is 41.3 Å². The highest BCUT2D eigenvalue weighted by Gasteiger charge is 2.23. The first-order valence-electron chi connectivity index (χ1n) is 8.44. The van der Waals surface area contributed by atoms with Gasteiger partial charge in [-0.05, 0) is 18.2 Å². The summed E-state index contributed by atoms with van der Waals surface area (Å²) >= 11 is 12.4. The number of piperazine rings is 1. The molecule has 1 aliphatic rings. The summed E-state index contributed by atoms with van der Waals surface area (Å²) in [4.78, 5) is 16.4. The van der Waals surface area contributed by atoms with E-state index in [1.54, 1.807) is 13.2 Å². The monoisotopic (exact) mass is 393 g/mol. The lowest BCUT2D eigenvalue weighted by Gasteiger charge is -2.36. The summed E-state index contributed by atoms with van der Waals surface area (Å²) in [5, 5.41) is 4.06. The summed E-state index contributed by atoms with van der Waals surface area (Å²) in [6, 6.07) is 13.2. The van der Waals surface area contributed by atoms with Crippen molar-refractivity contribution in [1.29, 1.82) is 0 Å². The molecule has 1 fully saturated rings. The summed E-state index contributed by atoms with van der Waals surface area (Å²) in [5.74, 6) is 0.771. The zero-order valence-electron chi connectivity index (χ0n) is 14.5. The van der Waals surface area contributed by atoms with Crippen molar-refractivity contribution < 1.29 is 9.53 Å². The minimum absolute atomic E-state index is 0.0762. The van der Waals surface area contributed by atoms with Crippen LogP contribution in [0.5, 0.6) is 5.75 Å². The average Bonchev–Trinajstić information content (AvgIpc) is 2.68. The molecule has 7 heteroatoms. The van der Waals surface area contributed by atoms with Crippen molar-refractivity contribution in [3.05, 3.63) is 58.1 Å². The third kappa shape index (κ3) is 4.17. The molecule has 1 saturated heterocycles. The molecule has 26 heavy (non-hydrogen) atoms. The molecule has 2 aromatic carbocycles. The number of urea groups is 1. The Morgan fingerprint density at radius 1 is 1.08 bits per heavy atom. The fourth-order valence-corrected chi connectivity index (χ4v) is 3.43. The number of para-hydroxylation sites is 1. The number of nitrogens with zero attached hydrogens (tertiary/aromatic N) is 2.